The van der Waals surface area contributed by atoms with Gasteiger partial charge in [0.2, 0.25) is 5.95 Å². The summed E-state index contributed by atoms with van der Waals surface area (Å²) in [5, 5.41) is 0. The zero-order valence-corrected chi connectivity index (χ0v) is 13.0. The van der Waals surface area contributed by atoms with Gasteiger partial charge in [0.25, 0.3) is 0 Å². The number of hydrogen-bond donors (Lipinski definition) is 0. The second-order valence-electron chi connectivity index (χ2n) is 5.91. The first-order chi connectivity index (χ1) is 9.69. The van der Waals surface area contributed by atoms with E-state index in [-0.39, 0.29) is 0 Å². The molecule has 0 unspecified atom stereocenters. The van der Waals surface area contributed by atoms with E-state index >= 15 is 0 Å². The van der Waals surface area contributed by atoms with Crippen LogP contribution >= 0.6 is 0 Å². The van der Waals surface area contributed by atoms with E-state index in [9.17, 15) is 0 Å². The second-order valence-corrected chi connectivity index (χ2v) is 5.91. The largest absolute Gasteiger partial charge is 0.338 e. The third kappa shape index (κ3) is 3.45. The van der Waals surface area contributed by atoms with Crippen molar-refractivity contribution in [1.29, 1.82) is 0 Å². The Labute approximate surface area is 122 Å². The van der Waals surface area contributed by atoms with E-state index in [1.54, 1.807) is 12.7 Å². The van der Waals surface area contributed by atoms with Gasteiger partial charge in [0.15, 0.2) is 0 Å². The molecule has 1 aromatic rings. The smallest absolute Gasteiger partial charge is 0.228 e. The van der Waals surface area contributed by atoms with Crippen LogP contribution in [-0.2, 0) is 0 Å². The molecule has 0 bridgehead atoms. The van der Waals surface area contributed by atoms with Crippen molar-refractivity contribution in [2.75, 3.05) is 31.1 Å². The summed E-state index contributed by atoms with van der Waals surface area (Å²) < 4.78 is 0. The Hall–Kier alpha value is -1.23. The second kappa shape index (κ2) is 6.97. The molecule has 0 radical (unpaired) electrons. The number of anilines is 1. The summed E-state index contributed by atoms with van der Waals surface area (Å²) in [6.07, 6.45) is 8.23. The minimum absolute atomic E-state index is 0.356. The van der Waals surface area contributed by atoms with E-state index < -0.39 is 0 Å². The van der Waals surface area contributed by atoms with Crippen molar-refractivity contribution < 1.29 is 0 Å². The van der Waals surface area contributed by atoms with E-state index in [1.807, 2.05) is 0 Å². The number of rotatable bonds is 6. The molecule has 0 spiro atoms. The van der Waals surface area contributed by atoms with Gasteiger partial charge < -0.3 is 4.90 Å². The quantitative estimate of drug-likeness (QED) is 0.798. The van der Waals surface area contributed by atoms with E-state index in [2.05, 4.69) is 45.5 Å². The van der Waals surface area contributed by atoms with Crippen molar-refractivity contribution in [1.82, 2.24) is 19.9 Å². The van der Waals surface area contributed by atoms with Gasteiger partial charge in [-0.05, 0) is 19.8 Å². The van der Waals surface area contributed by atoms with Crippen LogP contribution in [-0.4, -0.2) is 51.6 Å². The first kappa shape index (κ1) is 15.2. The molecule has 112 valence electrons. The Balaban J connectivity index is 1.96. The van der Waals surface area contributed by atoms with E-state index in [0.29, 0.717) is 5.54 Å². The third-order valence-electron chi connectivity index (χ3n) is 4.38. The highest BCUT2D eigenvalue weighted by Gasteiger charge is 2.32. The molecular weight excluding hydrogens is 250 g/mol. The van der Waals surface area contributed by atoms with E-state index in [4.69, 9.17) is 0 Å². The summed E-state index contributed by atoms with van der Waals surface area (Å²) in [5.41, 5.74) is 0.356. The molecule has 0 saturated carbocycles. The molecule has 0 amide bonds. The molecule has 2 rings (SSSR count). The van der Waals surface area contributed by atoms with Crippen LogP contribution in [0.3, 0.4) is 0 Å². The Bertz CT molecular complexity index is 381. The van der Waals surface area contributed by atoms with Crippen LogP contribution in [0.15, 0.2) is 12.7 Å². The summed E-state index contributed by atoms with van der Waals surface area (Å²) in [4.78, 5) is 17.3. The van der Waals surface area contributed by atoms with Crippen molar-refractivity contribution in [2.24, 2.45) is 0 Å². The van der Waals surface area contributed by atoms with Crippen LogP contribution < -0.4 is 4.90 Å². The molecule has 1 saturated heterocycles. The van der Waals surface area contributed by atoms with Crippen molar-refractivity contribution in [3.63, 3.8) is 0 Å². The lowest BCUT2D eigenvalue weighted by molar-refractivity contribution is 0.0771. The first-order valence-corrected chi connectivity index (χ1v) is 7.81. The average molecular weight is 277 g/mol. The van der Waals surface area contributed by atoms with Gasteiger partial charge in [-0.2, -0.15) is 0 Å². The molecule has 1 aliphatic heterocycles. The molecule has 5 heteroatoms. The van der Waals surface area contributed by atoms with Gasteiger partial charge >= 0.3 is 0 Å². The van der Waals surface area contributed by atoms with E-state index in [0.717, 1.165) is 32.1 Å². The zero-order valence-electron chi connectivity index (χ0n) is 13.0. The molecule has 1 fully saturated rings. The van der Waals surface area contributed by atoms with Gasteiger partial charge in [-0.3, -0.25) is 4.90 Å². The molecule has 0 atom stereocenters. The average Bonchev–Trinajstić information content (AvgIpc) is 2.49. The van der Waals surface area contributed by atoms with Gasteiger partial charge in [0.05, 0.1) is 0 Å². The number of hydrogen-bond acceptors (Lipinski definition) is 5. The molecule has 0 aromatic carbocycles. The molecular formula is C15H27N5. The molecule has 0 aliphatic carbocycles. The first-order valence-electron chi connectivity index (χ1n) is 7.81. The number of piperazine rings is 1. The normalized spacial score (nSPS) is 17.4. The Morgan fingerprint density at radius 3 is 2.05 bits per heavy atom. The summed E-state index contributed by atoms with van der Waals surface area (Å²) in [7, 11) is 0. The maximum absolute atomic E-state index is 4.25. The lowest BCUT2D eigenvalue weighted by Gasteiger charge is -2.46. The predicted molar refractivity (Wildman–Crippen MR) is 81.8 cm³/mol. The maximum atomic E-state index is 4.25. The molecule has 0 N–H and O–H groups in total. The lowest BCUT2D eigenvalue weighted by atomic mass is 9.88. The number of aromatic nitrogens is 3. The maximum Gasteiger partial charge on any atom is 0.228 e. The van der Waals surface area contributed by atoms with Crippen LogP contribution in [0.1, 0.15) is 46.5 Å². The zero-order chi connectivity index (χ0) is 14.4. The molecule has 1 aliphatic rings. The standard InChI is InChI=1S/C15H27N5/c1-4-6-15(3,7-5-2)20-10-8-19(9-11-20)14-17-12-16-13-18-14/h12-13H,4-11H2,1-3H3. The summed E-state index contributed by atoms with van der Waals surface area (Å²) in [6, 6.07) is 0. The van der Waals surface area contributed by atoms with Crippen molar-refractivity contribution in [3.05, 3.63) is 12.7 Å². The minimum Gasteiger partial charge on any atom is -0.338 e. The molecule has 2 heterocycles. The lowest BCUT2D eigenvalue weighted by Crippen LogP contribution is -2.56. The monoisotopic (exact) mass is 277 g/mol. The SMILES string of the molecule is CCCC(C)(CCC)N1CCN(c2ncncn2)CC1. The number of nitrogens with zero attached hydrogens (tertiary/aromatic N) is 5. The Morgan fingerprint density at radius 2 is 1.55 bits per heavy atom. The fraction of sp³-hybridized carbons (Fsp3) is 0.800. The third-order valence-corrected chi connectivity index (χ3v) is 4.38. The molecule has 5 nitrogen and oxygen atoms in total. The Morgan fingerprint density at radius 1 is 1.00 bits per heavy atom. The highest BCUT2D eigenvalue weighted by atomic mass is 15.3. The van der Waals surface area contributed by atoms with Gasteiger partial charge in [-0.1, -0.05) is 26.7 Å². The molecule has 20 heavy (non-hydrogen) atoms. The highest BCUT2D eigenvalue weighted by Crippen LogP contribution is 2.28. The predicted octanol–water partition coefficient (Wildman–Crippen LogP) is 2.35. The van der Waals surface area contributed by atoms with Crippen LogP contribution in [0.25, 0.3) is 0 Å². The topological polar surface area (TPSA) is 45.2 Å². The van der Waals surface area contributed by atoms with Gasteiger partial charge in [-0.25, -0.2) is 15.0 Å². The van der Waals surface area contributed by atoms with Gasteiger partial charge in [0.1, 0.15) is 12.7 Å². The van der Waals surface area contributed by atoms with Crippen molar-refractivity contribution in [2.45, 2.75) is 52.0 Å². The molecule has 1 aromatic heterocycles. The van der Waals surface area contributed by atoms with Crippen LogP contribution in [0, 0.1) is 0 Å². The van der Waals surface area contributed by atoms with Crippen molar-refractivity contribution >= 4 is 5.95 Å². The van der Waals surface area contributed by atoms with E-state index in [1.165, 1.54) is 25.7 Å². The Kier molecular flexibility index (Phi) is 5.29. The van der Waals surface area contributed by atoms with Crippen LogP contribution in [0.2, 0.25) is 0 Å². The van der Waals surface area contributed by atoms with Crippen LogP contribution in [0.5, 0.6) is 0 Å². The van der Waals surface area contributed by atoms with Crippen molar-refractivity contribution in [3.8, 4) is 0 Å². The van der Waals surface area contributed by atoms with Gasteiger partial charge in [0, 0.05) is 31.7 Å². The summed E-state index contributed by atoms with van der Waals surface area (Å²) >= 11 is 0. The highest BCUT2D eigenvalue weighted by molar-refractivity contribution is 5.28. The fourth-order valence-corrected chi connectivity index (χ4v) is 3.36. The van der Waals surface area contributed by atoms with Crippen LogP contribution in [0.4, 0.5) is 5.95 Å². The van der Waals surface area contributed by atoms with Gasteiger partial charge in [-0.15, -0.1) is 0 Å². The minimum atomic E-state index is 0.356. The fourth-order valence-electron chi connectivity index (χ4n) is 3.36. The summed E-state index contributed by atoms with van der Waals surface area (Å²) in [6.45, 7) is 11.2. The summed E-state index contributed by atoms with van der Waals surface area (Å²) in [5.74, 6) is 0.812.